The van der Waals surface area contributed by atoms with E-state index in [1.54, 1.807) is 0 Å². The first-order valence-electron chi connectivity index (χ1n) is 30.8. The molecular weight excluding hydrogens is 1100 g/mol. The van der Waals surface area contributed by atoms with E-state index in [1.165, 1.54) is 43.8 Å². The Balaban J connectivity index is 1.08. The summed E-state index contributed by atoms with van der Waals surface area (Å²) in [4.78, 5) is 20.3. The summed E-state index contributed by atoms with van der Waals surface area (Å²) >= 11 is 0. The molecule has 0 bridgehead atoms. The third-order valence-corrected chi connectivity index (χ3v) is 17.7. The van der Waals surface area contributed by atoms with E-state index in [2.05, 4.69) is 231 Å². The van der Waals surface area contributed by atoms with Gasteiger partial charge in [0, 0.05) is 49.4 Å². The lowest BCUT2D eigenvalue weighted by molar-refractivity contribution is 0.590. The lowest BCUT2D eigenvalue weighted by Crippen LogP contribution is -2.10. The summed E-state index contributed by atoms with van der Waals surface area (Å²) in [5.74, 6) is 1.34. The Morgan fingerprint density at radius 3 is 1.07 bits per heavy atom. The van der Waals surface area contributed by atoms with Crippen molar-refractivity contribution >= 4 is 49.3 Å². The van der Waals surface area contributed by atoms with Crippen LogP contribution in [0, 0.1) is 29.2 Å². The molecule has 13 rings (SSSR count). The second-order valence-electron chi connectivity index (χ2n) is 28.0. The van der Waals surface area contributed by atoms with Crippen LogP contribution in [0.15, 0.2) is 206 Å². The van der Waals surface area contributed by atoms with Gasteiger partial charge in [0.15, 0.2) is 23.2 Å². The molecule has 3 heterocycles. The Labute approximate surface area is 527 Å². The van der Waals surface area contributed by atoms with Gasteiger partial charge in [0.1, 0.15) is 0 Å². The van der Waals surface area contributed by atoms with Crippen LogP contribution in [0.3, 0.4) is 0 Å². The van der Waals surface area contributed by atoms with E-state index >= 15 is 0 Å². The minimum Gasteiger partial charge on any atom is -0.309 e. The Kier molecular flexibility index (Phi) is 14.2. The van der Waals surface area contributed by atoms with Gasteiger partial charge in [-0.2, -0.15) is 10.5 Å². The number of aromatic nitrogens is 5. The lowest BCUT2D eigenvalue weighted by atomic mass is 9.85. The Morgan fingerprint density at radius 1 is 0.333 bits per heavy atom. The van der Waals surface area contributed by atoms with Crippen LogP contribution in [0.4, 0.5) is 5.69 Å². The first kappa shape index (κ1) is 58.3. The molecule has 90 heavy (non-hydrogen) atoms. The molecule has 0 spiro atoms. The number of nitrogens with zero attached hydrogens (tertiary/aromatic N) is 8. The number of fused-ring (bicyclic) bond motifs is 6. The average Bonchev–Trinajstić information content (AvgIpc) is 1.57. The van der Waals surface area contributed by atoms with Crippen molar-refractivity contribution in [3.05, 3.63) is 251 Å². The predicted molar refractivity (Wildman–Crippen MR) is 372 cm³/mol. The van der Waals surface area contributed by atoms with Crippen molar-refractivity contribution < 1.29 is 0 Å². The highest BCUT2D eigenvalue weighted by molar-refractivity contribution is 6.12. The van der Waals surface area contributed by atoms with E-state index < -0.39 is 0 Å². The van der Waals surface area contributed by atoms with Gasteiger partial charge in [-0.25, -0.2) is 19.8 Å². The fourth-order valence-electron chi connectivity index (χ4n) is 12.6. The standard InChI is InChI=1S/C82H70N8/c1-79(2,3)57-29-35-72-66(44-57)67-45-58(80(4,5)6)30-36-73(67)89(72)70-33-27-55(42-64(70)53-22-17-20-51(40-53)49-84)76-86-77(88-78(87-76)63-26-15-14-25-62(63)52-21-16-19-50(39-52)48-83)56-28-34-71(65(43-56)54-23-18-24-61(41-54)85-13)90-74-37-31-59(81(7,8)9)46-68(74)69-47-60(82(10,11)12)32-38-75(69)90/h14-47H,1-12H3. The third-order valence-electron chi connectivity index (χ3n) is 17.7. The summed E-state index contributed by atoms with van der Waals surface area (Å²) in [5, 5.41) is 25.2. The summed E-state index contributed by atoms with van der Waals surface area (Å²) in [6, 6.07) is 76.4. The Hall–Kier alpha value is -10.7. The molecule has 0 fully saturated rings. The van der Waals surface area contributed by atoms with Gasteiger partial charge >= 0.3 is 0 Å². The fraction of sp³-hybridized carbons (Fsp3) is 0.195. The second kappa shape index (κ2) is 21.8. The smallest absolute Gasteiger partial charge is 0.187 e. The molecule has 0 radical (unpaired) electrons. The molecule has 0 aliphatic carbocycles. The van der Waals surface area contributed by atoms with Gasteiger partial charge < -0.3 is 9.13 Å². The van der Waals surface area contributed by atoms with Crippen molar-refractivity contribution in [2.75, 3.05) is 0 Å². The minimum absolute atomic E-state index is 0.0768. The molecule has 0 saturated carbocycles. The van der Waals surface area contributed by atoms with Crippen molar-refractivity contribution in [2.45, 2.75) is 105 Å². The Morgan fingerprint density at radius 2 is 0.689 bits per heavy atom. The second-order valence-corrected chi connectivity index (χ2v) is 28.0. The van der Waals surface area contributed by atoms with Gasteiger partial charge in [0.25, 0.3) is 0 Å². The van der Waals surface area contributed by atoms with Crippen molar-refractivity contribution in [1.82, 2.24) is 24.1 Å². The maximum atomic E-state index is 10.4. The van der Waals surface area contributed by atoms with Crippen molar-refractivity contribution in [2.24, 2.45) is 0 Å². The number of nitriles is 2. The monoisotopic (exact) mass is 1170 g/mol. The lowest BCUT2D eigenvalue weighted by Gasteiger charge is -2.20. The van der Waals surface area contributed by atoms with E-state index in [4.69, 9.17) is 21.5 Å². The van der Waals surface area contributed by atoms with Crippen LogP contribution >= 0.6 is 0 Å². The summed E-state index contributed by atoms with van der Waals surface area (Å²) < 4.78 is 4.74. The molecule has 0 aliphatic rings. The maximum absolute atomic E-state index is 10.4. The first-order chi connectivity index (χ1) is 43.0. The third kappa shape index (κ3) is 10.6. The molecule has 438 valence electrons. The van der Waals surface area contributed by atoms with Crippen LogP contribution in [0.25, 0.3) is 127 Å². The zero-order valence-corrected chi connectivity index (χ0v) is 53.2. The van der Waals surface area contributed by atoms with E-state index in [0.29, 0.717) is 34.3 Å². The maximum Gasteiger partial charge on any atom is 0.187 e. The van der Waals surface area contributed by atoms with Gasteiger partial charge in [-0.1, -0.05) is 174 Å². The van der Waals surface area contributed by atoms with Gasteiger partial charge in [-0.05, 0) is 181 Å². The van der Waals surface area contributed by atoms with Gasteiger partial charge in [0.2, 0.25) is 0 Å². The molecule has 10 aromatic carbocycles. The van der Waals surface area contributed by atoms with Crippen molar-refractivity contribution in [3.63, 3.8) is 0 Å². The topological polar surface area (TPSA) is 100 Å². The fourth-order valence-corrected chi connectivity index (χ4v) is 12.6. The van der Waals surface area contributed by atoms with Crippen molar-refractivity contribution in [1.29, 1.82) is 10.5 Å². The molecule has 8 heteroatoms. The number of hydrogen-bond donors (Lipinski definition) is 0. The molecule has 0 atom stereocenters. The van der Waals surface area contributed by atoms with Crippen molar-refractivity contribution in [3.8, 4) is 91.1 Å². The zero-order chi connectivity index (χ0) is 63.2. The molecule has 13 aromatic rings. The van der Waals surface area contributed by atoms with E-state index in [1.807, 2.05) is 84.9 Å². The summed E-state index contributed by atoms with van der Waals surface area (Å²) in [6.07, 6.45) is 0. The van der Waals surface area contributed by atoms with Crippen LogP contribution in [0.1, 0.15) is 116 Å². The number of rotatable bonds is 8. The van der Waals surface area contributed by atoms with E-state index in [-0.39, 0.29) is 21.7 Å². The molecule has 0 aliphatic heterocycles. The largest absolute Gasteiger partial charge is 0.309 e. The normalized spacial score (nSPS) is 12.2. The minimum atomic E-state index is -0.0782. The molecular formula is C82H70N8. The molecule has 0 amide bonds. The highest BCUT2D eigenvalue weighted by Gasteiger charge is 2.27. The molecule has 8 nitrogen and oxygen atoms in total. The van der Waals surface area contributed by atoms with Crippen LogP contribution in [0.5, 0.6) is 0 Å². The number of hydrogen-bond acceptors (Lipinski definition) is 5. The highest BCUT2D eigenvalue weighted by Crippen LogP contribution is 2.45. The van der Waals surface area contributed by atoms with Gasteiger partial charge in [-0.15, -0.1) is 0 Å². The van der Waals surface area contributed by atoms with Crippen LogP contribution in [0.2, 0.25) is 0 Å². The quantitative estimate of drug-likeness (QED) is 0.141. The van der Waals surface area contributed by atoms with Crippen LogP contribution < -0.4 is 0 Å². The summed E-state index contributed by atoms with van der Waals surface area (Å²) in [5.41, 5.74) is 20.0. The van der Waals surface area contributed by atoms with Crippen LogP contribution in [-0.2, 0) is 21.7 Å². The average molecular weight is 1170 g/mol. The summed E-state index contributed by atoms with van der Waals surface area (Å²) in [7, 11) is 0. The van der Waals surface area contributed by atoms with E-state index in [0.717, 1.165) is 83.5 Å². The first-order valence-corrected chi connectivity index (χ1v) is 30.8. The summed E-state index contributed by atoms with van der Waals surface area (Å²) in [6.45, 7) is 35.3. The van der Waals surface area contributed by atoms with E-state index in [9.17, 15) is 10.5 Å². The predicted octanol–water partition coefficient (Wildman–Crippen LogP) is 21.6. The van der Waals surface area contributed by atoms with Gasteiger partial charge in [0.05, 0.1) is 63.3 Å². The molecule has 3 aromatic heterocycles. The molecule has 0 unspecified atom stereocenters. The molecule has 0 saturated heterocycles. The SMILES string of the molecule is [C-]#[N+]c1cccc(-c2cc(-c3nc(-c4ccc(-n5c6ccc(C(C)(C)C)cc6c6cc(C(C)(C)C)ccc65)c(-c5cccc(C#N)c5)c4)nc(-c4ccccc4-c4cccc(C#N)c4)n3)ccc2-n2c3ccc(C(C)(C)C)cc3c3cc(C(C)(C)C)ccc32)c1. The van der Waals surface area contributed by atoms with Gasteiger partial charge in [-0.3, -0.25) is 0 Å². The van der Waals surface area contributed by atoms with Crippen LogP contribution in [-0.4, -0.2) is 24.1 Å². The zero-order valence-electron chi connectivity index (χ0n) is 53.2. The highest BCUT2D eigenvalue weighted by atomic mass is 15.0. The Bertz CT molecular complexity index is 4800. The number of benzene rings is 10. The molecule has 0 N–H and O–H groups in total.